The van der Waals surface area contributed by atoms with Crippen molar-refractivity contribution in [2.24, 2.45) is 5.92 Å². The van der Waals surface area contributed by atoms with Crippen LogP contribution in [-0.2, 0) is 0 Å². The second-order valence-electron chi connectivity index (χ2n) is 5.27. The Bertz CT molecular complexity index is 594. The van der Waals surface area contributed by atoms with Gasteiger partial charge in [-0.15, -0.1) is 0 Å². The van der Waals surface area contributed by atoms with Gasteiger partial charge in [0.1, 0.15) is 6.33 Å². The highest BCUT2D eigenvalue weighted by atomic mass is 16.3. The van der Waals surface area contributed by atoms with Crippen molar-refractivity contribution in [2.45, 2.75) is 32.8 Å². The number of amides is 1. The number of carbonyl (C=O) groups excluding carboxylic acids is 1. The van der Waals surface area contributed by atoms with Crippen molar-refractivity contribution in [1.29, 1.82) is 0 Å². The van der Waals surface area contributed by atoms with Crippen LogP contribution in [0.3, 0.4) is 0 Å². The number of aliphatic hydroxyl groups is 1. The van der Waals surface area contributed by atoms with Gasteiger partial charge in [0.15, 0.2) is 5.82 Å². The lowest BCUT2D eigenvalue weighted by Gasteiger charge is -2.20. The van der Waals surface area contributed by atoms with Crippen LogP contribution in [0.5, 0.6) is 0 Å². The van der Waals surface area contributed by atoms with Crippen LogP contribution in [0.4, 0.5) is 0 Å². The standard InChI is InChI=1S/C16H22N4O2/c1-3-11(4-2)14(21)9-17-16(22)13-7-5-6-12(8-13)15-18-10-19-20-15/h5-8,10-11,14,21H,3-4,9H2,1-2H3,(H,17,22)(H,18,19,20). The molecule has 6 heteroatoms. The van der Waals surface area contributed by atoms with Crippen molar-refractivity contribution in [1.82, 2.24) is 20.5 Å². The Balaban J connectivity index is 2.00. The van der Waals surface area contributed by atoms with E-state index < -0.39 is 6.10 Å². The number of hydrogen-bond donors (Lipinski definition) is 3. The third-order valence-electron chi connectivity index (χ3n) is 3.88. The maximum atomic E-state index is 12.2. The fourth-order valence-electron chi connectivity index (χ4n) is 2.45. The summed E-state index contributed by atoms with van der Waals surface area (Å²) >= 11 is 0. The van der Waals surface area contributed by atoms with Gasteiger partial charge in [0.2, 0.25) is 0 Å². The summed E-state index contributed by atoms with van der Waals surface area (Å²) < 4.78 is 0. The molecule has 1 amide bonds. The predicted octanol–water partition coefficient (Wildman–Crippen LogP) is 2.00. The maximum absolute atomic E-state index is 12.2. The molecule has 0 fully saturated rings. The van der Waals surface area contributed by atoms with E-state index in [9.17, 15) is 9.90 Å². The number of H-pyrrole nitrogens is 1. The molecule has 0 aliphatic carbocycles. The molecule has 0 spiro atoms. The molecule has 2 aromatic rings. The van der Waals surface area contributed by atoms with Crippen molar-refractivity contribution < 1.29 is 9.90 Å². The number of rotatable bonds is 7. The average Bonchev–Trinajstić information content (AvgIpc) is 3.08. The first-order valence-corrected chi connectivity index (χ1v) is 7.57. The van der Waals surface area contributed by atoms with Crippen LogP contribution in [0.25, 0.3) is 11.4 Å². The number of nitrogens with one attached hydrogen (secondary N) is 2. The number of carbonyl (C=O) groups is 1. The van der Waals surface area contributed by atoms with Crippen molar-refractivity contribution in [2.75, 3.05) is 6.54 Å². The van der Waals surface area contributed by atoms with Crippen LogP contribution in [0, 0.1) is 5.92 Å². The van der Waals surface area contributed by atoms with Gasteiger partial charge in [0.05, 0.1) is 6.10 Å². The molecule has 118 valence electrons. The predicted molar refractivity (Wildman–Crippen MR) is 84.2 cm³/mol. The quantitative estimate of drug-likeness (QED) is 0.729. The molecule has 0 saturated heterocycles. The van der Waals surface area contributed by atoms with Gasteiger partial charge in [-0.2, -0.15) is 5.10 Å². The molecule has 0 saturated carbocycles. The molecule has 6 nitrogen and oxygen atoms in total. The Morgan fingerprint density at radius 3 is 2.77 bits per heavy atom. The minimum absolute atomic E-state index is 0.202. The highest BCUT2D eigenvalue weighted by Crippen LogP contribution is 2.16. The molecule has 0 aliphatic rings. The second-order valence-corrected chi connectivity index (χ2v) is 5.27. The molecule has 0 radical (unpaired) electrons. The zero-order valence-corrected chi connectivity index (χ0v) is 12.9. The van der Waals surface area contributed by atoms with E-state index in [-0.39, 0.29) is 18.4 Å². The van der Waals surface area contributed by atoms with Gasteiger partial charge in [-0.3, -0.25) is 9.89 Å². The molecule has 0 aliphatic heterocycles. The summed E-state index contributed by atoms with van der Waals surface area (Å²) in [4.78, 5) is 16.3. The Morgan fingerprint density at radius 2 is 2.14 bits per heavy atom. The number of nitrogens with zero attached hydrogens (tertiary/aromatic N) is 2. The summed E-state index contributed by atoms with van der Waals surface area (Å²) in [7, 11) is 0. The normalized spacial score (nSPS) is 12.4. The number of aliphatic hydroxyl groups excluding tert-OH is 1. The first-order chi connectivity index (χ1) is 10.7. The van der Waals surface area contributed by atoms with Gasteiger partial charge >= 0.3 is 0 Å². The van der Waals surface area contributed by atoms with Crippen molar-refractivity contribution >= 4 is 5.91 Å². The fourth-order valence-corrected chi connectivity index (χ4v) is 2.45. The van der Waals surface area contributed by atoms with Gasteiger partial charge in [-0.25, -0.2) is 4.98 Å². The summed E-state index contributed by atoms with van der Waals surface area (Å²) in [6.07, 6.45) is 2.70. The maximum Gasteiger partial charge on any atom is 0.251 e. The lowest BCUT2D eigenvalue weighted by molar-refractivity contribution is 0.0816. The van der Waals surface area contributed by atoms with Crippen LogP contribution in [0.1, 0.15) is 37.0 Å². The Labute approximate surface area is 130 Å². The first-order valence-electron chi connectivity index (χ1n) is 7.57. The van der Waals surface area contributed by atoms with Gasteiger partial charge in [0.25, 0.3) is 5.91 Å². The van der Waals surface area contributed by atoms with Crippen molar-refractivity contribution in [3.63, 3.8) is 0 Å². The monoisotopic (exact) mass is 302 g/mol. The molecule has 1 atom stereocenters. The number of hydrogen-bond acceptors (Lipinski definition) is 4. The largest absolute Gasteiger partial charge is 0.391 e. The first kappa shape index (κ1) is 16.2. The second kappa shape index (κ2) is 7.70. The molecule has 22 heavy (non-hydrogen) atoms. The third kappa shape index (κ3) is 3.92. The summed E-state index contributed by atoms with van der Waals surface area (Å²) in [5.74, 6) is 0.624. The van der Waals surface area contributed by atoms with Gasteiger partial charge in [-0.1, -0.05) is 38.8 Å². The SMILES string of the molecule is CCC(CC)C(O)CNC(=O)c1cccc(-c2ncn[nH]2)c1. The zero-order valence-electron chi connectivity index (χ0n) is 12.9. The van der Waals surface area contributed by atoms with Gasteiger partial charge < -0.3 is 10.4 Å². The summed E-state index contributed by atoms with van der Waals surface area (Å²) in [5.41, 5.74) is 1.33. The topological polar surface area (TPSA) is 90.9 Å². The molecule has 1 aromatic heterocycles. The molecule has 1 heterocycles. The van der Waals surface area contributed by atoms with Crippen LogP contribution in [0.15, 0.2) is 30.6 Å². The van der Waals surface area contributed by atoms with Crippen LogP contribution < -0.4 is 5.32 Å². The van der Waals surface area contributed by atoms with Crippen LogP contribution >= 0.6 is 0 Å². The third-order valence-corrected chi connectivity index (χ3v) is 3.88. The van der Waals surface area contributed by atoms with E-state index in [0.29, 0.717) is 11.4 Å². The molecular formula is C16H22N4O2. The Hall–Kier alpha value is -2.21. The lowest BCUT2D eigenvalue weighted by Crippen LogP contribution is -2.36. The van der Waals surface area contributed by atoms with Gasteiger partial charge in [0, 0.05) is 17.7 Å². The van der Waals surface area contributed by atoms with E-state index in [4.69, 9.17) is 0 Å². The zero-order chi connectivity index (χ0) is 15.9. The molecule has 0 bridgehead atoms. The van der Waals surface area contributed by atoms with E-state index in [2.05, 4.69) is 20.5 Å². The summed E-state index contributed by atoms with van der Waals surface area (Å²) in [6, 6.07) is 7.14. The molecule has 3 N–H and O–H groups in total. The minimum Gasteiger partial charge on any atom is -0.391 e. The summed E-state index contributed by atoms with van der Waals surface area (Å²) in [5, 5.41) is 19.4. The number of aromatic amines is 1. The van der Waals surface area contributed by atoms with E-state index in [0.717, 1.165) is 18.4 Å². The number of aromatic nitrogens is 3. The molecule has 1 unspecified atom stereocenters. The van der Waals surface area contributed by atoms with Crippen LogP contribution in [0.2, 0.25) is 0 Å². The van der Waals surface area contributed by atoms with Crippen molar-refractivity contribution in [3.8, 4) is 11.4 Å². The Morgan fingerprint density at radius 1 is 1.36 bits per heavy atom. The highest BCUT2D eigenvalue weighted by molar-refractivity contribution is 5.95. The smallest absolute Gasteiger partial charge is 0.251 e. The highest BCUT2D eigenvalue weighted by Gasteiger charge is 2.17. The van der Waals surface area contributed by atoms with E-state index in [1.807, 2.05) is 19.9 Å². The van der Waals surface area contributed by atoms with E-state index in [1.165, 1.54) is 6.33 Å². The average molecular weight is 302 g/mol. The van der Waals surface area contributed by atoms with E-state index >= 15 is 0 Å². The Kier molecular flexibility index (Phi) is 5.66. The molecule has 2 rings (SSSR count). The molecule has 1 aromatic carbocycles. The number of benzene rings is 1. The van der Waals surface area contributed by atoms with Crippen LogP contribution in [-0.4, -0.2) is 38.8 Å². The summed E-state index contributed by atoms with van der Waals surface area (Å²) in [6.45, 7) is 4.35. The lowest BCUT2D eigenvalue weighted by atomic mass is 9.96. The van der Waals surface area contributed by atoms with Crippen molar-refractivity contribution in [3.05, 3.63) is 36.2 Å². The van der Waals surface area contributed by atoms with E-state index in [1.54, 1.807) is 18.2 Å². The fraction of sp³-hybridized carbons (Fsp3) is 0.438. The molecular weight excluding hydrogens is 280 g/mol. The van der Waals surface area contributed by atoms with Gasteiger partial charge in [-0.05, 0) is 18.1 Å². The minimum atomic E-state index is -0.517.